The fourth-order valence-corrected chi connectivity index (χ4v) is 4.57. The zero-order valence-electron chi connectivity index (χ0n) is 16.2. The second-order valence-corrected chi connectivity index (χ2v) is 7.41. The largest absolute Gasteiger partial charge is 0.343 e. The van der Waals surface area contributed by atoms with E-state index in [9.17, 15) is 0 Å². The van der Waals surface area contributed by atoms with Crippen LogP contribution in [0.5, 0.6) is 0 Å². The van der Waals surface area contributed by atoms with Crippen molar-refractivity contribution in [1.29, 1.82) is 0 Å². The van der Waals surface area contributed by atoms with Crippen molar-refractivity contribution in [2.45, 2.75) is 0 Å². The molecule has 0 saturated heterocycles. The van der Waals surface area contributed by atoms with Gasteiger partial charge in [0.1, 0.15) is 0 Å². The minimum Gasteiger partial charge on any atom is -0.343 e. The van der Waals surface area contributed by atoms with Gasteiger partial charge in [-0.3, -0.25) is 0 Å². The second kappa shape index (κ2) is 7.09. The number of benzene rings is 5. The molecule has 135 valence electrons. The molecule has 6 aromatic rings. The first kappa shape index (κ1) is 18.5. The van der Waals surface area contributed by atoms with Crippen LogP contribution in [0.3, 0.4) is 0 Å². The molecule has 0 saturated carbocycles. The minimum absolute atomic E-state index is 0. The van der Waals surface area contributed by atoms with Crippen molar-refractivity contribution in [3.8, 4) is 11.1 Å². The van der Waals surface area contributed by atoms with Crippen molar-refractivity contribution in [2.75, 3.05) is 0 Å². The minimum atomic E-state index is 0. The summed E-state index contributed by atoms with van der Waals surface area (Å²) in [5, 5.41) is 7.60. The molecule has 6 rings (SSSR count). The summed E-state index contributed by atoms with van der Waals surface area (Å²) in [4.78, 5) is 0. The van der Waals surface area contributed by atoms with Gasteiger partial charge in [-0.1, -0.05) is 60.2 Å². The van der Waals surface area contributed by atoms with Crippen LogP contribution in [0.15, 0.2) is 91.0 Å². The smallest absolute Gasteiger partial charge is 0.0568 e. The van der Waals surface area contributed by atoms with Gasteiger partial charge in [0.05, 0.1) is 5.52 Å². The summed E-state index contributed by atoms with van der Waals surface area (Å²) in [6.07, 6.45) is 0. The molecule has 0 aliphatic heterocycles. The van der Waals surface area contributed by atoms with E-state index in [0.717, 1.165) is 5.39 Å². The van der Waals surface area contributed by atoms with E-state index in [1.807, 2.05) is 6.07 Å². The van der Waals surface area contributed by atoms with Gasteiger partial charge in [0.2, 0.25) is 0 Å². The zero-order chi connectivity index (χ0) is 18.7. The molecule has 1 aromatic heterocycles. The van der Waals surface area contributed by atoms with Gasteiger partial charge in [0.15, 0.2) is 0 Å². The quantitative estimate of drug-likeness (QED) is 0.238. The van der Waals surface area contributed by atoms with E-state index in [1.165, 1.54) is 49.1 Å². The Balaban J connectivity index is 0.00000181. The SMILES string of the molecule is Cn1c2ccc(-c3cc[c-]c4ccccc34)cc2c2ccc3ccccc3c21.[Y]. The maximum Gasteiger partial charge on any atom is 0.0568 e. The van der Waals surface area contributed by atoms with Crippen LogP contribution in [-0.2, 0) is 39.8 Å². The molecule has 29 heavy (non-hydrogen) atoms. The van der Waals surface area contributed by atoms with E-state index in [-0.39, 0.29) is 32.7 Å². The fraction of sp³-hybridized carbons (Fsp3) is 0.0370. The van der Waals surface area contributed by atoms with Crippen LogP contribution >= 0.6 is 0 Å². The molecule has 0 N–H and O–H groups in total. The number of fused-ring (bicyclic) bond motifs is 6. The number of aromatic nitrogens is 1. The molecule has 0 unspecified atom stereocenters. The van der Waals surface area contributed by atoms with Gasteiger partial charge >= 0.3 is 0 Å². The Bertz CT molecular complexity index is 1520. The summed E-state index contributed by atoms with van der Waals surface area (Å²) in [5.41, 5.74) is 5.07. The van der Waals surface area contributed by atoms with Gasteiger partial charge in [-0.05, 0) is 23.1 Å². The molecule has 1 heterocycles. The van der Waals surface area contributed by atoms with E-state index in [2.05, 4.69) is 103 Å². The number of nitrogens with zero attached hydrogens (tertiary/aromatic N) is 1. The van der Waals surface area contributed by atoms with Gasteiger partial charge in [-0.2, -0.15) is 0 Å². The molecule has 0 fully saturated rings. The van der Waals surface area contributed by atoms with Crippen molar-refractivity contribution >= 4 is 43.4 Å². The number of hydrogen-bond acceptors (Lipinski definition) is 0. The maximum absolute atomic E-state index is 3.35. The third-order valence-corrected chi connectivity index (χ3v) is 5.90. The zero-order valence-corrected chi connectivity index (χ0v) is 19.0. The fourth-order valence-electron chi connectivity index (χ4n) is 4.57. The van der Waals surface area contributed by atoms with E-state index >= 15 is 0 Å². The third kappa shape index (κ3) is 2.76. The maximum atomic E-state index is 3.35. The summed E-state index contributed by atoms with van der Waals surface area (Å²) in [6, 6.07) is 36.0. The van der Waals surface area contributed by atoms with Gasteiger partial charge in [-0.25, -0.2) is 0 Å². The third-order valence-electron chi connectivity index (χ3n) is 5.90. The molecule has 0 spiro atoms. The molecule has 0 aliphatic carbocycles. The summed E-state index contributed by atoms with van der Waals surface area (Å²) >= 11 is 0. The van der Waals surface area contributed by atoms with Crippen LogP contribution < -0.4 is 0 Å². The predicted molar refractivity (Wildman–Crippen MR) is 120 cm³/mol. The average molecular weight is 445 g/mol. The number of aryl methyl sites for hydroxylation is 1. The Morgan fingerprint density at radius 2 is 1.48 bits per heavy atom. The van der Waals surface area contributed by atoms with Gasteiger partial charge < -0.3 is 4.57 Å². The van der Waals surface area contributed by atoms with Crippen LogP contribution in [-0.4, -0.2) is 4.57 Å². The van der Waals surface area contributed by atoms with Crippen LogP contribution in [0.2, 0.25) is 0 Å². The van der Waals surface area contributed by atoms with Crippen molar-refractivity contribution in [2.24, 2.45) is 7.05 Å². The first-order valence-electron chi connectivity index (χ1n) is 9.61. The normalized spacial score (nSPS) is 11.3. The Hall–Kier alpha value is -2.48. The predicted octanol–water partition coefficient (Wildman–Crippen LogP) is 7.10. The van der Waals surface area contributed by atoms with Crippen molar-refractivity contribution in [1.82, 2.24) is 4.57 Å². The van der Waals surface area contributed by atoms with Gasteiger partial charge in [0, 0.05) is 61.4 Å². The summed E-state index contributed by atoms with van der Waals surface area (Å²) in [6.45, 7) is 0. The Labute approximate surface area is 194 Å². The first-order valence-corrected chi connectivity index (χ1v) is 9.61. The van der Waals surface area contributed by atoms with Gasteiger partial charge in [0.25, 0.3) is 0 Å². The Morgan fingerprint density at radius 3 is 2.38 bits per heavy atom. The van der Waals surface area contributed by atoms with Gasteiger partial charge in [-0.15, -0.1) is 41.1 Å². The van der Waals surface area contributed by atoms with Crippen LogP contribution in [0, 0.1) is 6.07 Å². The molecule has 0 atom stereocenters. The first-order chi connectivity index (χ1) is 13.8. The van der Waals surface area contributed by atoms with E-state index in [4.69, 9.17) is 0 Å². The monoisotopic (exact) mass is 445 g/mol. The van der Waals surface area contributed by atoms with Crippen molar-refractivity contribution in [3.63, 3.8) is 0 Å². The molecule has 1 radical (unpaired) electrons. The van der Waals surface area contributed by atoms with Crippen molar-refractivity contribution < 1.29 is 32.7 Å². The standard InChI is InChI=1S/C27H18N.Y/c1-28-26-16-14-20(22-12-6-9-18-7-2-4-10-21(18)22)17-25(26)24-15-13-19-8-3-5-11-23(19)27(24)28;/h2-8,10-17H,1H3;/q-1;. The molecule has 5 aromatic carbocycles. The number of rotatable bonds is 1. The topological polar surface area (TPSA) is 4.93 Å². The summed E-state index contributed by atoms with van der Waals surface area (Å²) in [7, 11) is 2.17. The summed E-state index contributed by atoms with van der Waals surface area (Å²) in [5.74, 6) is 0. The molecule has 1 nitrogen and oxygen atoms in total. The van der Waals surface area contributed by atoms with E-state index < -0.39 is 0 Å². The Kier molecular flexibility index (Phi) is 4.54. The molecule has 0 bridgehead atoms. The molecule has 0 aliphatic rings. The molecule has 0 amide bonds. The van der Waals surface area contributed by atoms with E-state index in [1.54, 1.807) is 0 Å². The van der Waals surface area contributed by atoms with Crippen LogP contribution in [0.1, 0.15) is 0 Å². The number of hydrogen-bond donors (Lipinski definition) is 0. The van der Waals surface area contributed by atoms with E-state index in [0.29, 0.717) is 0 Å². The second-order valence-electron chi connectivity index (χ2n) is 7.41. The molecular formula is C27H18NY-. The molecule has 2 heteroatoms. The Morgan fingerprint density at radius 1 is 0.690 bits per heavy atom. The average Bonchev–Trinajstić information content (AvgIpc) is 3.05. The van der Waals surface area contributed by atoms with Crippen LogP contribution in [0.25, 0.3) is 54.5 Å². The van der Waals surface area contributed by atoms with Crippen LogP contribution in [0.4, 0.5) is 0 Å². The molecular weight excluding hydrogens is 427 g/mol. The summed E-state index contributed by atoms with van der Waals surface area (Å²) < 4.78 is 2.33. The van der Waals surface area contributed by atoms with Crippen molar-refractivity contribution in [3.05, 3.63) is 97.1 Å².